The highest BCUT2D eigenvalue weighted by Crippen LogP contribution is 2.37. The van der Waals surface area contributed by atoms with Crippen molar-refractivity contribution < 1.29 is 14.6 Å². The number of fused-ring (bicyclic) bond motifs is 1. The fraction of sp³-hybridized carbons (Fsp3) is 0.292. The lowest BCUT2D eigenvalue weighted by molar-refractivity contribution is -0.107. The van der Waals surface area contributed by atoms with Crippen molar-refractivity contribution >= 4 is 35.1 Å². The first-order chi connectivity index (χ1) is 16.0. The fourth-order valence-corrected chi connectivity index (χ4v) is 4.02. The number of ether oxygens (including phenoxy) is 1. The van der Waals surface area contributed by atoms with E-state index < -0.39 is 0 Å². The molecular formula is C24H28N6O3. The maximum atomic E-state index is 11.6. The van der Waals surface area contributed by atoms with E-state index in [-0.39, 0.29) is 13.0 Å². The number of aromatic nitrogens is 2. The van der Waals surface area contributed by atoms with Gasteiger partial charge in [0.25, 0.3) is 6.35 Å². The number of nitrogens with zero attached hydrogens (tertiary/aromatic N) is 6. The largest absolute Gasteiger partial charge is 0.452 e. The normalized spacial score (nSPS) is 14.8. The van der Waals surface area contributed by atoms with E-state index in [9.17, 15) is 9.90 Å². The van der Waals surface area contributed by atoms with E-state index >= 15 is 0 Å². The Morgan fingerprint density at radius 1 is 1.09 bits per heavy atom. The maximum Gasteiger partial charge on any atom is 0.254 e. The van der Waals surface area contributed by atoms with E-state index in [1.807, 2.05) is 79.2 Å². The molecule has 0 aliphatic carbocycles. The molecule has 1 N–H and O–H groups in total. The summed E-state index contributed by atoms with van der Waals surface area (Å²) in [5, 5.41) is 9.80. The number of carbonyl (C=O) groups is 1. The Hall–Kier alpha value is -3.85. The Balaban J connectivity index is 1.57. The number of hydrogen-bond acceptors (Lipinski definition) is 8. The zero-order chi connectivity index (χ0) is 23.5. The highest BCUT2D eigenvalue weighted by atomic mass is 16.5. The summed E-state index contributed by atoms with van der Waals surface area (Å²) in [4.78, 5) is 28.0. The average molecular weight is 449 g/mol. The van der Waals surface area contributed by atoms with Crippen LogP contribution >= 0.6 is 0 Å². The lowest BCUT2D eigenvalue weighted by Gasteiger charge is -2.28. The fourth-order valence-electron chi connectivity index (χ4n) is 4.02. The summed E-state index contributed by atoms with van der Waals surface area (Å²) in [5.74, 6) is 2.17. The van der Waals surface area contributed by atoms with Gasteiger partial charge in [-0.3, -0.25) is 4.79 Å². The summed E-state index contributed by atoms with van der Waals surface area (Å²) in [6, 6.07) is 13.3. The van der Waals surface area contributed by atoms with Crippen molar-refractivity contribution in [1.82, 2.24) is 9.97 Å². The van der Waals surface area contributed by atoms with Crippen molar-refractivity contribution in [3.8, 4) is 5.75 Å². The van der Waals surface area contributed by atoms with Crippen LogP contribution < -0.4 is 24.3 Å². The molecule has 0 fully saturated rings. The number of rotatable bonds is 8. The standard InChI is InChI=1S/C24H28N6O3/c1-5-30(16-32)21-17(15-31)12-14-26-23(21)27(2)18-8-10-19(11-9-18)33-24-28(3)20-7-6-13-25-22(20)29(24)4/h6-14,16,24,31H,5,15H2,1-4H3. The Labute approximate surface area is 193 Å². The van der Waals surface area contributed by atoms with Crippen LogP contribution in [0.3, 0.4) is 0 Å². The van der Waals surface area contributed by atoms with Gasteiger partial charge in [-0.1, -0.05) is 0 Å². The molecule has 1 atom stereocenters. The number of amides is 1. The Morgan fingerprint density at radius 3 is 2.48 bits per heavy atom. The van der Waals surface area contributed by atoms with Crippen LogP contribution in [0, 0.1) is 0 Å². The molecule has 1 unspecified atom stereocenters. The van der Waals surface area contributed by atoms with E-state index in [0.717, 1.165) is 23.6 Å². The van der Waals surface area contributed by atoms with Gasteiger partial charge >= 0.3 is 0 Å². The van der Waals surface area contributed by atoms with Gasteiger partial charge < -0.3 is 29.4 Å². The molecule has 3 heterocycles. The predicted molar refractivity (Wildman–Crippen MR) is 129 cm³/mol. The second-order valence-electron chi connectivity index (χ2n) is 7.76. The van der Waals surface area contributed by atoms with E-state index in [1.165, 1.54) is 0 Å². The van der Waals surface area contributed by atoms with E-state index in [4.69, 9.17) is 4.74 Å². The molecular weight excluding hydrogens is 420 g/mol. The molecule has 3 aromatic rings. The number of aliphatic hydroxyl groups is 1. The first-order valence-corrected chi connectivity index (χ1v) is 10.7. The zero-order valence-electron chi connectivity index (χ0n) is 19.2. The molecule has 4 rings (SSSR count). The molecule has 0 bridgehead atoms. The summed E-state index contributed by atoms with van der Waals surface area (Å²) in [7, 11) is 5.81. The molecule has 0 saturated heterocycles. The number of benzene rings is 1. The van der Waals surface area contributed by atoms with Crippen molar-refractivity contribution in [2.45, 2.75) is 19.9 Å². The van der Waals surface area contributed by atoms with Gasteiger partial charge in [0.2, 0.25) is 6.41 Å². The van der Waals surface area contributed by atoms with Crippen LogP contribution in [0.25, 0.3) is 0 Å². The van der Waals surface area contributed by atoms with Crippen molar-refractivity contribution in [2.75, 3.05) is 47.3 Å². The first kappa shape index (κ1) is 22.3. The van der Waals surface area contributed by atoms with Gasteiger partial charge in [0, 0.05) is 51.3 Å². The Morgan fingerprint density at radius 2 is 1.85 bits per heavy atom. The van der Waals surface area contributed by atoms with E-state index in [0.29, 0.717) is 29.4 Å². The van der Waals surface area contributed by atoms with Gasteiger partial charge in [-0.05, 0) is 49.4 Å². The van der Waals surface area contributed by atoms with Gasteiger partial charge in [-0.25, -0.2) is 9.97 Å². The summed E-state index contributed by atoms with van der Waals surface area (Å²) >= 11 is 0. The number of anilines is 5. The Bertz CT molecular complexity index is 1090. The summed E-state index contributed by atoms with van der Waals surface area (Å²) < 4.78 is 6.25. The van der Waals surface area contributed by atoms with Gasteiger partial charge in [0.05, 0.1) is 18.0 Å². The summed E-state index contributed by atoms with van der Waals surface area (Å²) in [6.07, 6.45) is 3.85. The average Bonchev–Trinajstić information content (AvgIpc) is 3.10. The molecule has 9 nitrogen and oxygen atoms in total. The number of aliphatic hydroxyl groups excluding tert-OH is 1. The molecule has 33 heavy (non-hydrogen) atoms. The Kier molecular flexibility index (Phi) is 6.32. The van der Waals surface area contributed by atoms with Gasteiger partial charge in [0.15, 0.2) is 11.6 Å². The summed E-state index contributed by atoms with van der Waals surface area (Å²) in [6.45, 7) is 2.16. The van der Waals surface area contributed by atoms with Crippen LogP contribution in [-0.2, 0) is 11.4 Å². The minimum atomic E-state index is -0.307. The molecule has 1 aromatic carbocycles. The van der Waals surface area contributed by atoms with Gasteiger partial charge in [-0.2, -0.15) is 0 Å². The van der Waals surface area contributed by atoms with Crippen LogP contribution in [0.1, 0.15) is 12.5 Å². The molecule has 0 spiro atoms. The minimum Gasteiger partial charge on any atom is -0.452 e. The van der Waals surface area contributed by atoms with Crippen LogP contribution in [0.5, 0.6) is 5.75 Å². The molecule has 0 radical (unpaired) electrons. The van der Waals surface area contributed by atoms with Crippen LogP contribution in [0.2, 0.25) is 0 Å². The monoisotopic (exact) mass is 448 g/mol. The van der Waals surface area contributed by atoms with Crippen LogP contribution in [0.4, 0.5) is 28.7 Å². The second kappa shape index (κ2) is 9.33. The van der Waals surface area contributed by atoms with Crippen molar-refractivity contribution in [3.05, 3.63) is 60.4 Å². The maximum absolute atomic E-state index is 11.6. The van der Waals surface area contributed by atoms with Gasteiger partial charge in [0.1, 0.15) is 5.75 Å². The zero-order valence-corrected chi connectivity index (χ0v) is 19.2. The highest BCUT2D eigenvalue weighted by molar-refractivity contribution is 5.86. The third-order valence-corrected chi connectivity index (χ3v) is 5.84. The molecule has 1 amide bonds. The van der Waals surface area contributed by atoms with Crippen LogP contribution in [0.15, 0.2) is 54.9 Å². The predicted octanol–water partition coefficient (Wildman–Crippen LogP) is 2.97. The SMILES string of the molecule is CCN(C=O)c1c(CO)ccnc1N(C)c1ccc(OC2N(C)c3cccnc3N2C)cc1. The molecule has 2 aromatic heterocycles. The van der Waals surface area contributed by atoms with E-state index in [1.54, 1.807) is 23.4 Å². The van der Waals surface area contributed by atoms with Crippen molar-refractivity contribution in [2.24, 2.45) is 0 Å². The third-order valence-electron chi connectivity index (χ3n) is 5.84. The number of pyridine rings is 2. The topological polar surface area (TPSA) is 85.3 Å². The third kappa shape index (κ3) is 4.03. The lowest BCUT2D eigenvalue weighted by Crippen LogP contribution is -2.43. The van der Waals surface area contributed by atoms with Crippen molar-refractivity contribution in [1.29, 1.82) is 0 Å². The molecule has 1 aliphatic heterocycles. The molecule has 0 saturated carbocycles. The lowest BCUT2D eigenvalue weighted by atomic mass is 10.2. The quantitative estimate of drug-likeness (QED) is 0.527. The number of hydrogen-bond donors (Lipinski definition) is 1. The first-order valence-electron chi connectivity index (χ1n) is 10.7. The summed E-state index contributed by atoms with van der Waals surface area (Å²) in [5.41, 5.74) is 3.12. The number of carbonyl (C=O) groups excluding carboxylic acids is 1. The van der Waals surface area contributed by atoms with Gasteiger partial charge in [-0.15, -0.1) is 0 Å². The molecule has 172 valence electrons. The van der Waals surface area contributed by atoms with E-state index in [2.05, 4.69) is 9.97 Å². The minimum absolute atomic E-state index is 0.185. The second-order valence-corrected chi connectivity index (χ2v) is 7.76. The van der Waals surface area contributed by atoms with Crippen molar-refractivity contribution in [3.63, 3.8) is 0 Å². The van der Waals surface area contributed by atoms with Crippen LogP contribution in [-0.4, -0.2) is 55.5 Å². The molecule has 1 aliphatic rings. The molecule has 9 heteroatoms. The highest BCUT2D eigenvalue weighted by Gasteiger charge is 2.33. The smallest absolute Gasteiger partial charge is 0.254 e.